The highest BCUT2D eigenvalue weighted by Crippen LogP contribution is 2.33. The fraction of sp³-hybridized carbons (Fsp3) is 0.348. The van der Waals surface area contributed by atoms with Crippen LogP contribution in [0.5, 0.6) is 0 Å². The van der Waals surface area contributed by atoms with Crippen LogP contribution in [0.25, 0.3) is 11.0 Å². The van der Waals surface area contributed by atoms with Crippen molar-refractivity contribution in [3.8, 4) is 0 Å². The first-order chi connectivity index (χ1) is 16.8. The van der Waals surface area contributed by atoms with Crippen LogP contribution >= 0.6 is 12.4 Å². The van der Waals surface area contributed by atoms with E-state index in [1.54, 1.807) is 4.57 Å². The minimum Gasteiger partial charge on any atom is -0.478 e. The minimum atomic E-state index is -1.24. The van der Waals surface area contributed by atoms with Gasteiger partial charge in [-0.25, -0.2) is 23.5 Å². The van der Waals surface area contributed by atoms with Crippen molar-refractivity contribution in [2.45, 2.75) is 38.6 Å². The van der Waals surface area contributed by atoms with Gasteiger partial charge in [0.15, 0.2) is 5.82 Å². The highest BCUT2D eigenvalue weighted by molar-refractivity contribution is 5.91. The fourth-order valence-corrected chi connectivity index (χ4v) is 4.22. The third kappa shape index (κ3) is 4.68. The van der Waals surface area contributed by atoms with Crippen LogP contribution in [0.4, 0.5) is 26.2 Å². The molecule has 1 fully saturated rings. The maximum absolute atomic E-state index is 15.1. The molecule has 0 amide bonds. The lowest BCUT2D eigenvalue weighted by Crippen LogP contribution is -2.35. The number of nitrogens with zero attached hydrogens (tertiary/aromatic N) is 6. The van der Waals surface area contributed by atoms with E-state index in [0.717, 1.165) is 6.07 Å². The second kappa shape index (κ2) is 10.1. The Hall–Kier alpha value is -3.80. The number of piperidine rings is 1. The molecular formula is C23H24ClF2N7O3. The van der Waals surface area contributed by atoms with Crippen LogP contribution in [-0.4, -0.2) is 48.8 Å². The number of nitrogens with one attached hydrogen (secondary N) is 1. The molecular weight excluding hydrogens is 496 g/mol. The lowest BCUT2D eigenvalue weighted by atomic mass is 10.1. The van der Waals surface area contributed by atoms with Crippen molar-refractivity contribution in [1.29, 1.82) is 0 Å². The smallest absolute Gasteiger partial charge is 0.335 e. The summed E-state index contributed by atoms with van der Waals surface area (Å²) in [6.07, 6.45) is 4.10. The zero-order chi connectivity index (χ0) is 24.7. The maximum atomic E-state index is 15.1. The van der Waals surface area contributed by atoms with E-state index in [4.69, 9.17) is 9.63 Å². The first-order valence-electron chi connectivity index (χ1n) is 11.2. The van der Waals surface area contributed by atoms with Gasteiger partial charge in [0.1, 0.15) is 23.6 Å². The van der Waals surface area contributed by atoms with E-state index >= 15 is 4.39 Å². The summed E-state index contributed by atoms with van der Waals surface area (Å²) in [5.41, 5.74) is 0.185. The van der Waals surface area contributed by atoms with Crippen molar-refractivity contribution in [2.24, 2.45) is 0 Å². The molecule has 1 aromatic carbocycles. The highest BCUT2D eigenvalue weighted by atomic mass is 35.5. The zero-order valence-corrected chi connectivity index (χ0v) is 20.3. The van der Waals surface area contributed by atoms with Crippen LogP contribution in [0.15, 0.2) is 35.2 Å². The molecule has 190 valence electrons. The van der Waals surface area contributed by atoms with Gasteiger partial charge in [0, 0.05) is 31.2 Å². The van der Waals surface area contributed by atoms with Crippen molar-refractivity contribution in [3.05, 3.63) is 53.8 Å². The Morgan fingerprint density at radius 1 is 1.19 bits per heavy atom. The molecule has 1 aliphatic rings. The third-order valence-electron chi connectivity index (χ3n) is 6.10. The molecule has 1 saturated heterocycles. The van der Waals surface area contributed by atoms with E-state index in [2.05, 4.69) is 25.4 Å². The number of rotatable bonds is 6. The minimum absolute atomic E-state index is 0. The van der Waals surface area contributed by atoms with Crippen molar-refractivity contribution in [1.82, 2.24) is 24.7 Å². The van der Waals surface area contributed by atoms with Crippen LogP contribution < -0.4 is 10.2 Å². The van der Waals surface area contributed by atoms with E-state index in [0.29, 0.717) is 43.4 Å². The maximum Gasteiger partial charge on any atom is 0.335 e. The summed E-state index contributed by atoms with van der Waals surface area (Å²) in [6.45, 7) is 5.31. The van der Waals surface area contributed by atoms with E-state index in [9.17, 15) is 9.18 Å². The van der Waals surface area contributed by atoms with Gasteiger partial charge in [-0.2, -0.15) is 4.98 Å². The van der Waals surface area contributed by atoms with Gasteiger partial charge in [-0.05, 0) is 36.2 Å². The summed E-state index contributed by atoms with van der Waals surface area (Å²) < 4.78 is 36.6. The number of aromatic carboxylic acids is 1. The molecule has 0 atom stereocenters. The molecule has 36 heavy (non-hydrogen) atoms. The number of hydrogen-bond acceptors (Lipinski definition) is 8. The van der Waals surface area contributed by atoms with Crippen molar-refractivity contribution >= 4 is 46.9 Å². The van der Waals surface area contributed by atoms with Gasteiger partial charge in [0.2, 0.25) is 5.89 Å². The largest absolute Gasteiger partial charge is 0.478 e. The number of benzene rings is 1. The van der Waals surface area contributed by atoms with E-state index in [-0.39, 0.29) is 46.8 Å². The van der Waals surface area contributed by atoms with E-state index in [1.165, 1.54) is 24.7 Å². The number of carboxylic acid groups (broad SMARTS) is 1. The topological polar surface area (TPSA) is 122 Å². The van der Waals surface area contributed by atoms with Gasteiger partial charge in [-0.1, -0.05) is 13.8 Å². The van der Waals surface area contributed by atoms with E-state index in [1.807, 2.05) is 18.7 Å². The first kappa shape index (κ1) is 25.3. The number of carbonyl (C=O) groups is 1. The van der Waals surface area contributed by atoms with Gasteiger partial charge >= 0.3 is 5.97 Å². The number of carboxylic acids is 1. The number of hydrogen-bond donors (Lipinski definition) is 2. The number of anilines is 3. The van der Waals surface area contributed by atoms with Crippen LogP contribution in [-0.2, 0) is 0 Å². The van der Waals surface area contributed by atoms with Gasteiger partial charge in [0.25, 0.3) is 5.95 Å². The van der Waals surface area contributed by atoms with Crippen molar-refractivity contribution in [2.75, 3.05) is 23.3 Å². The summed E-state index contributed by atoms with van der Waals surface area (Å²) >= 11 is 0. The van der Waals surface area contributed by atoms with Gasteiger partial charge in [-0.3, -0.25) is 0 Å². The normalized spacial score (nSPS) is 14.3. The molecule has 13 heteroatoms. The molecule has 2 N–H and O–H groups in total. The van der Waals surface area contributed by atoms with Crippen LogP contribution in [0.1, 0.15) is 54.9 Å². The first-order valence-corrected chi connectivity index (χ1v) is 11.2. The lowest BCUT2D eigenvalue weighted by molar-refractivity contribution is 0.0696. The molecule has 4 aromatic rings. The summed E-state index contributed by atoms with van der Waals surface area (Å²) in [7, 11) is 0. The van der Waals surface area contributed by atoms with Crippen LogP contribution in [0.2, 0.25) is 0 Å². The monoisotopic (exact) mass is 519 g/mol. The Bertz CT molecular complexity index is 1400. The summed E-state index contributed by atoms with van der Waals surface area (Å²) in [5.74, 6) is -1.17. The third-order valence-corrected chi connectivity index (χ3v) is 6.10. The number of aromatic nitrogens is 5. The van der Waals surface area contributed by atoms with Gasteiger partial charge < -0.3 is 24.4 Å². The summed E-state index contributed by atoms with van der Waals surface area (Å²) in [6, 6.07) is 3.42. The molecule has 0 bridgehead atoms. The quantitative estimate of drug-likeness (QED) is 0.365. The Morgan fingerprint density at radius 2 is 1.94 bits per heavy atom. The standard InChI is InChI=1S/C23H23F2N7O3.ClH/c1-12(2)21-29-23(30-35-21)31-7-5-14(6-8-31)32-10-16(25)18-19(26-11-27-20(18)32)28-17-4-3-13(22(33)34)9-15(17)24;/h3-4,9-12,14H,5-8H2,1-2H3,(H,33,34)(H,26,27,28);1H. The SMILES string of the molecule is CC(C)c1nc(N2CCC(n3cc(F)c4c(Nc5ccc(C(=O)O)cc5F)ncnc43)CC2)no1.Cl. The Morgan fingerprint density at radius 3 is 2.58 bits per heavy atom. The molecule has 0 saturated carbocycles. The molecule has 5 rings (SSSR count). The molecule has 4 heterocycles. The molecule has 0 unspecified atom stereocenters. The average Bonchev–Trinajstić information content (AvgIpc) is 3.46. The van der Waals surface area contributed by atoms with Crippen LogP contribution in [0, 0.1) is 11.6 Å². The predicted molar refractivity (Wildman–Crippen MR) is 130 cm³/mol. The Balaban J connectivity index is 0.00000304. The van der Waals surface area contributed by atoms with Gasteiger partial charge in [-0.15, -0.1) is 12.4 Å². The lowest BCUT2D eigenvalue weighted by Gasteiger charge is -2.31. The molecule has 0 radical (unpaired) electrons. The average molecular weight is 520 g/mol. The second-order valence-electron chi connectivity index (χ2n) is 8.74. The van der Waals surface area contributed by atoms with Crippen molar-refractivity contribution in [3.63, 3.8) is 0 Å². The number of fused-ring (bicyclic) bond motifs is 1. The highest BCUT2D eigenvalue weighted by Gasteiger charge is 2.27. The second-order valence-corrected chi connectivity index (χ2v) is 8.74. The summed E-state index contributed by atoms with van der Waals surface area (Å²) in [5, 5.41) is 16.0. The van der Waals surface area contributed by atoms with Crippen LogP contribution in [0.3, 0.4) is 0 Å². The molecule has 10 nitrogen and oxygen atoms in total. The van der Waals surface area contributed by atoms with Crippen molar-refractivity contribution < 1.29 is 23.2 Å². The number of halogens is 3. The zero-order valence-electron chi connectivity index (χ0n) is 19.5. The molecule has 1 aliphatic heterocycles. The van der Waals surface area contributed by atoms with E-state index < -0.39 is 17.6 Å². The Labute approximate surface area is 210 Å². The summed E-state index contributed by atoms with van der Waals surface area (Å²) in [4.78, 5) is 25.9. The molecule has 3 aromatic heterocycles. The molecule has 0 spiro atoms. The predicted octanol–water partition coefficient (Wildman–Crippen LogP) is 4.92. The fourth-order valence-electron chi connectivity index (χ4n) is 4.22. The molecule has 0 aliphatic carbocycles. The Kier molecular flexibility index (Phi) is 7.07. The van der Waals surface area contributed by atoms with Gasteiger partial charge in [0.05, 0.1) is 16.6 Å².